The third kappa shape index (κ3) is 32.3. The number of ether oxygens (including phenoxy) is 7. The first kappa shape index (κ1) is 93.7. The minimum absolute atomic E-state index is 0.139. The van der Waals surface area contributed by atoms with E-state index in [4.69, 9.17) is 28.4 Å². The first-order valence-corrected chi connectivity index (χ1v) is 37.5. The molecule has 0 unspecified atom stereocenters. The summed E-state index contributed by atoms with van der Waals surface area (Å²) >= 11 is 0. The molecule has 25 heteroatoms. The van der Waals surface area contributed by atoms with Crippen LogP contribution in [0.4, 0.5) is 0 Å². The van der Waals surface area contributed by atoms with Crippen molar-refractivity contribution in [1.82, 2.24) is 35.1 Å². The van der Waals surface area contributed by atoms with Gasteiger partial charge in [0.05, 0.1) is 60.9 Å². The standard InChI is InChI=1S/C26H36N2O6.C24H37N2O5P.C18H34N2O4.C10H19NO2/c1-17(2)15-21(25(31)33-5)27-13-9-10-14-28(22(16-18(3)4)26(32)34-6)24(30)20-12-8-7-11-19(20)23(27)29;1-18(2)16-21(23(27)30-5)25-14-10-11-15-26(22(17-19(3)4)24(28)31-6)32(25,29)20-12-8-7-9-13-20;1-13(2)11-15(17(21)23-5)19-9-7-8-10-20-16(12-14(3)4)18(22)24-6;1-5-6-11-9(7-8(2)3)10(12)13-4/h7-12,17-18,21-22H,13-16H2,1-6H3;7-13,18-19,21-22H,14-17H2,1-6H3;7-8,13-16,19-20H,9-12H2,1-6H3;5,8-9,11H,1,6-7H2,2-4H3/b10-9-;;8-7-;/t2*21-,22-;15-,16-;9-/m0000/s1. The van der Waals surface area contributed by atoms with E-state index in [-0.39, 0.29) is 83.9 Å². The van der Waals surface area contributed by atoms with Crippen molar-refractivity contribution in [3.63, 3.8) is 0 Å². The van der Waals surface area contributed by atoms with Gasteiger partial charge in [-0.1, -0.05) is 170 Å². The zero-order chi connectivity index (χ0) is 78.1. The molecule has 2 amide bonds. The number of fused-ring (bicyclic) bond motifs is 1. The topological polar surface area (TPSA) is 284 Å². The number of benzene rings is 2. The number of carbonyl (C=O) groups excluding carboxylic acids is 9. The van der Waals surface area contributed by atoms with E-state index in [0.29, 0.717) is 81.5 Å². The number of amides is 2. The molecule has 580 valence electrons. The van der Waals surface area contributed by atoms with Gasteiger partial charge in [0.15, 0.2) is 0 Å². The molecule has 2 aromatic carbocycles. The van der Waals surface area contributed by atoms with Crippen molar-refractivity contribution in [3.05, 3.63) is 115 Å². The minimum atomic E-state index is -3.59. The number of hydrogen-bond donors (Lipinski definition) is 3. The quantitative estimate of drug-likeness (QED) is 0.0250. The Labute approximate surface area is 615 Å². The second-order valence-corrected chi connectivity index (χ2v) is 30.9. The Morgan fingerprint density at radius 3 is 0.932 bits per heavy atom. The maximum Gasteiger partial charge on any atom is 0.328 e. The largest absolute Gasteiger partial charge is 0.468 e. The summed E-state index contributed by atoms with van der Waals surface area (Å²) in [6.45, 7) is 34.7. The fourth-order valence-corrected chi connectivity index (χ4v) is 14.9. The van der Waals surface area contributed by atoms with Gasteiger partial charge in [-0.05, 0) is 111 Å². The van der Waals surface area contributed by atoms with E-state index in [2.05, 4.69) is 68.8 Å². The summed E-state index contributed by atoms with van der Waals surface area (Å²) in [4.78, 5) is 116. The Hall–Kier alpha value is -7.34. The van der Waals surface area contributed by atoms with Gasteiger partial charge >= 0.3 is 41.8 Å². The van der Waals surface area contributed by atoms with Crippen molar-refractivity contribution < 1.29 is 80.9 Å². The number of nitrogens with one attached hydrogen (secondary N) is 3. The number of methoxy groups -OCH3 is 7. The molecule has 0 spiro atoms. The number of nitrogens with zero attached hydrogens (tertiary/aromatic N) is 4. The average Bonchev–Trinajstić information content (AvgIpc) is 1.74. The summed E-state index contributed by atoms with van der Waals surface area (Å²) in [5.41, 5.74) is 0.359. The molecule has 2 aliphatic rings. The maximum absolute atomic E-state index is 15.2. The number of esters is 7. The minimum Gasteiger partial charge on any atom is -0.468 e. The third-order valence-electron chi connectivity index (χ3n) is 16.6. The Balaban J connectivity index is 0.000000719. The Morgan fingerprint density at radius 1 is 0.388 bits per heavy atom. The van der Waals surface area contributed by atoms with Gasteiger partial charge in [0.25, 0.3) is 11.8 Å². The highest BCUT2D eigenvalue weighted by Gasteiger charge is 2.50. The van der Waals surface area contributed by atoms with Gasteiger partial charge in [-0.15, -0.1) is 6.58 Å². The molecule has 0 radical (unpaired) electrons. The van der Waals surface area contributed by atoms with Gasteiger partial charge in [-0.3, -0.25) is 38.1 Å². The third-order valence-corrected chi connectivity index (χ3v) is 19.8. The molecular formula is C78H126N7O17P. The highest BCUT2D eigenvalue weighted by atomic mass is 31.2. The molecule has 0 aliphatic carbocycles. The monoisotopic (exact) mass is 1460 g/mol. The fourth-order valence-electron chi connectivity index (χ4n) is 11.7. The molecule has 24 nitrogen and oxygen atoms in total. The van der Waals surface area contributed by atoms with Crippen molar-refractivity contribution in [2.75, 3.05) is 95.6 Å². The molecule has 103 heavy (non-hydrogen) atoms. The Morgan fingerprint density at radius 2 is 0.650 bits per heavy atom. The van der Waals surface area contributed by atoms with Crippen LogP contribution in [-0.4, -0.2) is 211 Å². The van der Waals surface area contributed by atoms with Crippen LogP contribution in [0.25, 0.3) is 0 Å². The molecule has 2 aliphatic heterocycles. The molecule has 0 aromatic heterocycles. The molecule has 0 fully saturated rings. The van der Waals surface area contributed by atoms with E-state index in [1.54, 1.807) is 64.0 Å². The van der Waals surface area contributed by atoms with Crippen LogP contribution in [0, 0.1) is 41.4 Å². The molecule has 4 rings (SSSR count). The highest BCUT2D eigenvalue weighted by Crippen LogP contribution is 2.56. The van der Waals surface area contributed by atoms with Crippen molar-refractivity contribution in [2.24, 2.45) is 41.4 Å². The van der Waals surface area contributed by atoms with E-state index in [9.17, 15) is 43.2 Å². The van der Waals surface area contributed by atoms with Crippen molar-refractivity contribution in [2.45, 2.75) is 184 Å². The van der Waals surface area contributed by atoms with Crippen molar-refractivity contribution in [1.29, 1.82) is 0 Å². The van der Waals surface area contributed by atoms with E-state index >= 15 is 4.57 Å². The van der Waals surface area contributed by atoms with Crippen molar-refractivity contribution in [3.8, 4) is 0 Å². The van der Waals surface area contributed by atoms with E-state index in [1.807, 2.05) is 97.9 Å². The summed E-state index contributed by atoms with van der Waals surface area (Å²) in [7, 11) is 5.93. The lowest BCUT2D eigenvalue weighted by Gasteiger charge is -2.43. The normalized spacial score (nSPS) is 16.5. The van der Waals surface area contributed by atoms with E-state index < -0.39 is 67.3 Å². The predicted molar refractivity (Wildman–Crippen MR) is 404 cm³/mol. The van der Waals surface area contributed by atoms with E-state index in [0.717, 1.165) is 19.3 Å². The molecule has 0 saturated heterocycles. The van der Waals surface area contributed by atoms with Crippen LogP contribution >= 0.6 is 7.44 Å². The summed E-state index contributed by atoms with van der Waals surface area (Å²) in [5.74, 6) is -1.49. The van der Waals surface area contributed by atoms with Gasteiger partial charge in [0.1, 0.15) is 42.3 Å². The van der Waals surface area contributed by atoms with Gasteiger partial charge in [-0.25, -0.2) is 18.9 Å². The first-order valence-electron chi connectivity index (χ1n) is 35.9. The first-order chi connectivity index (χ1) is 48.7. The highest BCUT2D eigenvalue weighted by molar-refractivity contribution is 7.67. The van der Waals surface area contributed by atoms with Crippen molar-refractivity contribution >= 4 is 66.3 Å². The maximum atomic E-state index is 15.2. The zero-order valence-corrected chi connectivity index (χ0v) is 66.5. The molecule has 0 saturated carbocycles. The van der Waals surface area contributed by atoms with Gasteiger partial charge in [0.2, 0.25) is 7.44 Å². The lowest BCUT2D eigenvalue weighted by Crippen LogP contribution is -2.50. The summed E-state index contributed by atoms with van der Waals surface area (Å²) in [5, 5.41) is 9.99. The molecule has 2 heterocycles. The summed E-state index contributed by atoms with van der Waals surface area (Å²) < 4.78 is 53.2. The number of rotatable bonds is 35. The average molecular weight is 1460 g/mol. The van der Waals surface area contributed by atoms with Crippen LogP contribution in [0.15, 0.2) is 104 Å². The SMILES string of the molecule is C=CCN[C@@H](CC(C)C)C(=O)OC.COC(=O)[C@H](CC(C)C)N1C/C=C\CN([C@@H](CC(C)C)C(=O)OC)C(=O)c2ccccc2C1=O.COC(=O)[C@H](CC(C)C)N1CC=CCN([C@@H](CC(C)C)C(=O)OC)P1(=O)c1ccccc1.COC(=O)[C@H](CC(C)C)NC/C=C\CN[C@@H](CC(C)C)C(=O)OC. The molecule has 3 N–H and O–H groups in total. The van der Waals surface area contributed by atoms with Crippen LogP contribution < -0.4 is 21.3 Å². The molecule has 7 atom stereocenters. The predicted octanol–water partition coefficient (Wildman–Crippen LogP) is 10.4. The van der Waals surface area contributed by atoms with Crippen LogP contribution in [0.2, 0.25) is 0 Å². The number of hydrogen-bond acceptors (Lipinski definition) is 20. The lowest BCUT2D eigenvalue weighted by molar-refractivity contribution is -0.147. The van der Waals surface area contributed by atoms with Crippen LogP contribution in [0.5, 0.6) is 0 Å². The van der Waals surface area contributed by atoms with Gasteiger partial charge in [-0.2, -0.15) is 0 Å². The Kier molecular flexibility index (Phi) is 45.6. The van der Waals surface area contributed by atoms with Crippen LogP contribution in [0.1, 0.15) is 163 Å². The second kappa shape index (κ2) is 50.2. The molecular weight excluding hydrogens is 1340 g/mol. The van der Waals surface area contributed by atoms with Crippen LogP contribution in [-0.2, 0) is 71.3 Å². The fraction of sp³-hybridized carbons (Fsp3) is 0.628. The molecule has 2 aromatic rings. The van der Waals surface area contributed by atoms with Crippen LogP contribution in [0.3, 0.4) is 0 Å². The second-order valence-electron chi connectivity index (χ2n) is 28.3. The van der Waals surface area contributed by atoms with Gasteiger partial charge in [0, 0.05) is 51.1 Å². The smallest absolute Gasteiger partial charge is 0.328 e. The summed E-state index contributed by atoms with van der Waals surface area (Å²) in [6, 6.07) is 11.8. The zero-order valence-electron chi connectivity index (χ0n) is 65.6. The molecule has 0 bridgehead atoms. The van der Waals surface area contributed by atoms with E-state index in [1.165, 1.54) is 59.6 Å². The summed E-state index contributed by atoms with van der Waals surface area (Å²) in [6.07, 6.45) is 17.0. The van der Waals surface area contributed by atoms with Gasteiger partial charge < -0.3 is 58.9 Å². The number of carbonyl (C=O) groups is 9. The lowest BCUT2D eigenvalue weighted by atomic mass is 9.97. The Bertz CT molecular complexity index is 2910.